The smallest absolute Gasteiger partial charge is 0.337 e. The zero-order valence-corrected chi connectivity index (χ0v) is 14.6. The van der Waals surface area contributed by atoms with Gasteiger partial charge in [-0.05, 0) is 41.5 Å². The Kier molecular flexibility index (Phi) is 6.14. The lowest BCUT2D eigenvalue weighted by atomic mass is 10.0. The highest BCUT2D eigenvalue weighted by Gasteiger charge is 2.06. The summed E-state index contributed by atoms with van der Waals surface area (Å²) in [6, 6.07) is 17.1. The molecule has 0 atom stereocenters. The molecule has 0 heterocycles. The maximum Gasteiger partial charge on any atom is 0.337 e. The van der Waals surface area contributed by atoms with Gasteiger partial charge in [-0.3, -0.25) is 0 Å². The highest BCUT2D eigenvalue weighted by Crippen LogP contribution is 2.17. The van der Waals surface area contributed by atoms with Crippen molar-refractivity contribution in [2.24, 2.45) is 0 Å². The molecule has 2 aromatic rings. The van der Waals surface area contributed by atoms with Crippen LogP contribution in [-0.4, -0.2) is 27.2 Å². The average molecular weight is 332 g/mol. The number of methoxy groups -OCH3 is 1. The Bertz CT molecular complexity index is 824. The van der Waals surface area contributed by atoms with Crippen LogP contribution in [0, 0.1) is 11.3 Å². The van der Waals surface area contributed by atoms with Crippen molar-refractivity contribution in [3.05, 3.63) is 77.4 Å². The van der Waals surface area contributed by atoms with Crippen molar-refractivity contribution < 1.29 is 9.53 Å². The van der Waals surface area contributed by atoms with E-state index in [4.69, 9.17) is 0 Å². The van der Waals surface area contributed by atoms with E-state index in [-0.39, 0.29) is 0 Å². The molecule has 25 heavy (non-hydrogen) atoms. The highest BCUT2D eigenvalue weighted by atomic mass is 16.5. The van der Waals surface area contributed by atoms with E-state index in [0.717, 1.165) is 16.8 Å². The Hall–Kier alpha value is -3.32. The summed E-state index contributed by atoms with van der Waals surface area (Å²) >= 11 is 0. The number of benzene rings is 2. The molecule has 0 saturated heterocycles. The fraction of sp³-hybridized carbons (Fsp3) is 0.143. The molecule has 0 N–H and O–H groups in total. The molecule has 0 aliphatic rings. The number of carbonyl (C=O) groups is 1. The van der Waals surface area contributed by atoms with Crippen molar-refractivity contribution in [2.45, 2.75) is 0 Å². The zero-order chi connectivity index (χ0) is 18.2. The van der Waals surface area contributed by atoms with E-state index in [9.17, 15) is 10.1 Å². The van der Waals surface area contributed by atoms with E-state index in [2.05, 4.69) is 10.8 Å². The van der Waals surface area contributed by atoms with Gasteiger partial charge in [0.2, 0.25) is 0 Å². The molecule has 0 radical (unpaired) electrons. The van der Waals surface area contributed by atoms with Crippen molar-refractivity contribution in [3.8, 4) is 6.07 Å². The standard InChI is InChI=1S/C21H20N2O2/c1-23(2)20-13-7-16(8-14-20)5-4-6-19(15-22)17-9-11-18(12-10-17)21(24)25-3/h4-14H,1-3H3. The molecule has 4 heteroatoms. The fourth-order valence-corrected chi connectivity index (χ4v) is 2.24. The van der Waals surface area contributed by atoms with Crippen LogP contribution in [0.2, 0.25) is 0 Å². The van der Waals surface area contributed by atoms with Gasteiger partial charge in [0.15, 0.2) is 0 Å². The number of hydrogen-bond donors (Lipinski definition) is 0. The van der Waals surface area contributed by atoms with Crippen LogP contribution in [0.3, 0.4) is 0 Å². The second-order valence-electron chi connectivity index (χ2n) is 5.61. The van der Waals surface area contributed by atoms with Gasteiger partial charge >= 0.3 is 5.97 Å². The molecule has 4 nitrogen and oxygen atoms in total. The first kappa shape index (κ1) is 18.0. The summed E-state index contributed by atoms with van der Waals surface area (Å²) in [6.45, 7) is 0. The zero-order valence-electron chi connectivity index (χ0n) is 14.6. The maximum absolute atomic E-state index is 11.4. The predicted molar refractivity (Wildman–Crippen MR) is 101 cm³/mol. The topological polar surface area (TPSA) is 53.3 Å². The first-order chi connectivity index (χ1) is 12.0. The van der Waals surface area contributed by atoms with Gasteiger partial charge in [-0.25, -0.2) is 4.79 Å². The van der Waals surface area contributed by atoms with Crippen LogP contribution in [0.4, 0.5) is 5.69 Å². The Morgan fingerprint density at radius 1 is 1.04 bits per heavy atom. The molecule has 0 amide bonds. The quantitative estimate of drug-likeness (QED) is 0.469. The lowest BCUT2D eigenvalue weighted by molar-refractivity contribution is 0.0600. The third-order valence-corrected chi connectivity index (χ3v) is 3.70. The van der Waals surface area contributed by atoms with Crippen LogP contribution in [-0.2, 0) is 4.74 Å². The lowest BCUT2D eigenvalue weighted by Gasteiger charge is -2.11. The minimum atomic E-state index is -0.393. The normalized spacial score (nSPS) is 11.2. The van der Waals surface area contributed by atoms with Crippen molar-refractivity contribution in [3.63, 3.8) is 0 Å². The Morgan fingerprint density at radius 3 is 2.16 bits per heavy atom. The van der Waals surface area contributed by atoms with Crippen LogP contribution in [0.25, 0.3) is 11.6 Å². The highest BCUT2D eigenvalue weighted by molar-refractivity contribution is 5.90. The second-order valence-corrected chi connectivity index (χ2v) is 5.61. The average Bonchev–Trinajstić information content (AvgIpc) is 2.65. The van der Waals surface area contributed by atoms with Gasteiger partial charge in [0.25, 0.3) is 0 Å². The van der Waals surface area contributed by atoms with Crippen molar-refractivity contribution in [1.82, 2.24) is 0 Å². The van der Waals surface area contributed by atoms with Gasteiger partial charge in [0.05, 0.1) is 24.3 Å². The van der Waals surface area contributed by atoms with E-state index in [1.165, 1.54) is 7.11 Å². The largest absolute Gasteiger partial charge is 0.465 e. The van der Waals surface area contributed by atoms with Gasteiger partial charge < -0.3 is 9.64 Å². The molecule has 0 aromatic heterocycles. The van der Waals surface area contributed by atoms with Gasteiger partial charge in [-0.15, -0.1) is 0 Å². The molecule has 0 aliphatic heterocycles. The van der Waals surface area contributed by atoms with Crippen LogP contribution in [0.5, 0.6) is 0 Å². The second kappa shape index (κ2) is 8.51. The molecule has 2 rings (SSSR count). The Balaban J connectivity index is 2.14. The van der Waals surface area contributed by atoms with Crippen molar-refractivity contribution in [1.29, 1.82) is 5.26 Å². The number of anilines is 1. The van der Waals surface area contributed by atoms with E-state index in [1.807, 2.05) is 55.4 Å². The van der Waals surface area contributed by atoms with E-state index in [0.29, 0.717) is 11.1 Å². The SMILES string of the molecule is COC(=O)c1ccc(C(C#N)=CC=Cc2ccc(N(C)C)cc2)cc1. The number of nitrogens with zero attached hydrogens (tertiary/aromatic N) is 2. The van der Waals surface area contributed by atoms with E-state index >= 15 is 0 Å². The summed E-state index contributed by atoms with van der Waals surface area (Å²) in [6.07, 6.45) is 5.55. The first-order valence-corrected chi connectivity index (χ1v) is 7.79. The number of ether oxygens (including phenoxy) is 1. The number of hydrogen-bond acceptors (Lipinski definition) is 4. The van der Waals surface area contributed by atoms with Gasteiger partial charge in [0.1, 0.15) is 0 Å². The number of esters is 1. The molecular weight excluding hydrogens is 312 g/mol. The minimum Gasteiger partial charge on any atom is -0.465 e. The van der Waals surface area contributed by atoms with Gasteiger partial charge in [-0.2, -0.15) is 5.26 Å². The molecule has 0 fully saturated rings. The predicted octanol–water partition coefficient (Wildman–Crippen LogP) is 4.16. The minimum absolute atomic E-state index is 0.393. The summed E-state index contributed by atoms with van der Waals surface area (Å²) in [5.41, 5.74) is 3.93. The molecule has 2 aromatic carbocycles. The molecule has 126 valence electrons. The van der Waals surface area contributed by atoms with Crippen molar-refractivity contribution >= 4 is 23.3 Å². The summed E-state index contributed by atoms with van der Waals surface area (Å²) in [5, 5.41) is 9.35. The number of nitriles is 1. The molecule has 0 saturated carbocycles. The summed E-state index contributed by atoms with van der Waals surface area (Å²) < 4.78 is 4.67. The van der Waals surface area contributed by atoms with Gasteiger partial charge in [0, 0.05) is 19.8 Å². The first-order valence-electron chi connectivity index (χ1n) is 7.79. The third-order valence-electron chi connectivity index (χ3n) is 3.70. The molecule has 0 bridgehead atoms. The monoisotopic (exact) mass is 332 g/mol. The van der Waals surface area contributed by atoms with E-state index < -0.39 is 5.97 Å². The van der Waals surface area contributed by atoms with Crippen LogP contribution in [0.1, 0.15) is 21.5 Å². The van der Waals surface area contributed by atoms with Gasteiger partial charge in [-0.1, -0.05) is 36.4 Å². The summed E-state index contributed by atoms with van der Waals surface area (Å²) in [4.78, 5) is 13.5. The number of rotatable bonds is 5. The number of carbonyl (C=O) groups excluding carboxylic acids is 1. The maximum atomic E-state index is 11.4. The van der Waals surface area contributed by atoms with Crippen molar-refractivity contribution in [2.75, 3.05) is 26.1 Å². The third kappa shape index (κ3) is 4.82. The summed E-state index contributed by atoms with van der Waals surface area (Å²) in [5.74, 6) is -0.393. The Labute approximate surface area is 148 Å². The van der Waals surface area contributed by atoms with Crippen LogP contribution >= 0.6 is 0 Å². The number of allylic oxidation sites excluding steroid dienone is 3. The van der Waals surface area contributed by atoms with E-state index in [1.54, 1.807) is 30.3 Å². The molecule has 0 spiro atoms. The molecule has 0 aliphatic carbocycles. The van der Waals surface area contributed by atoms with Crippen LogP contribution < -0.4 is 4.90 Å². The van der Waals surface area contributed by atoms with Crippen LogP contribution in [0.15, 0.2) is 60.7 Å². The molecule has 0 unspecified atom stereocenters. The fourth-order valence-electron chi connectivity index (χ4n) is 2.24. The summed E-state index contributed by atoms with van der Waals surface area (Å²) in [7, 11) is 5.34. The lowest BCUT2D eigenvalue weighted by Crippen LogP contribution is -2.07. The Morgan fingerprint density at radius 2 is 1.64 bits per heavy atom. The molecular formula is C21H20N2O2.